The molecule has 5 nitrogen and oxygen atoms in total. The van der Waals surface area contributed by atoms with E-state index in [-0.39, 0.29) is 5.69 Å². The highest BCUT2D eigenvalue weighted by Gasteiger charge is 2.34. The number of nitrogens with zero attached hydrogens (tertiary/aromatic N) is 2. The van der Waals surface area contributed by atoms with Crippen LogP contribution in [0.15, 0.2) is 134 Å². The Labute approximate surface area is 234 Å². The molecule has 0 spiro atoms. The first-order valence-corrected chi connectivity index (χ1v) is 12.6. The lowest BCUT2D eigenvalue weighted by atomic mass is 9.93. The molecule has 0 aliphatic rings. The molecule has 0 aliphatic carbocycles. The van der Waals surface area contributed by atoms with Crippen molar-refractivity contribution in [3.63, 3.8) is 0 Å². The van der Waals surface area contributed by atoms with Crippen molar-refractivity contribution in [3.05, 3.63) is 155 Å². The molecule has 10 heteroatoms. The predicted molar refractivity (Wildman–Crippen MR) is 150 cm³/mol. The molecule has 5 aromatic rings. The molecule has 1 N–H and O–H groups in total. The van der Waals surface area contributed by atoms with Crippen LogP contribution in [0.3, 0.4) is 0 Å². The number of hydrogen-bond donors (Lipinski definition) is 1. The van der Waals surface area contributed by atoms with E-state index in [0.717, 1.165) is 27.9 Å². The molecule has 1 heterocycles. The summed E-state index contributed by atoms with van der Waals surface area (Å²) in [6.07, 6.45) is 0.963. The molecule has 208 valence electrons. The number of nitro benzene ring substituents is 1. The van der Waals surface area contributed by atoms with Gasteiger partial charge in [0.05, 0.1) is 4.92 Å². The van der Waals surface area contributed by atoms with E-state index in [9.17, 15) is 32.5 Å². The summed E-state index contributed by atoms with van der Waals surface area (Å²) < 4.78 is 41.1. The van der Waals surface area contributed by atoms with Crippen molar-refractivity contribution in [2.45, 2.75) is 12.1 Å². The Morgan fingerprint density at radius 3 is 1.73 bits per heavy atom. The van der Waals surface area contributed by atoms with Crippen molar-refractivity contribution >= 4 is 12.9 Å². The zero-order chi connectivity index (χ0) is 29.4. The number of rotatable bonds is 7. The van der Waals surface area contributed by atoms with Crippen LogP contribution in [0.2, 0.25) is 0 Å². The second kappa shape index (κ2) is 13.0. The molecule has 1 aromatic heterocycles. The SMILES string of the molecule is F[B-](F)(F)F.O=[N+]([O-])c1cccc(C(O)C(c2ccccc2)[n+]2ccc(-c3ccccc3)cc2-c2ccccc2)c1. The number of nitro groups is 1. The van der Waals surface area contributed by atoms with Crippen LogP contribution in [-0.4, -0.2) is 17.3 Å². The minimum Gasteiger partial charge on any atom is -0.418 e. The molecule has 0 radical (unpaired) electrons. The molecule has 0 amide bonds. The van der Waals surface area contributed by atoms with Crippen molar-refractivity contribution in [2.24, 2.45) is 0 Å². The Bertz CT molecular complexity index is 1580. The van der Waals surface area contributed by atoms with Gasteiger partial charge in [-0.25, -0.2) is 0 Å². The van der Waals surface area contributed by atoms with Crippen LogP contribution >= 0.6 is 0 Å². The van der Waals surface area contributed by atoms with Crippen molar-refractivity contribution in [3.8, 4) is 22.4 Å². The second-order valence-electron chi connectivity index (χ2n) is 9.09. The van der Waals surface area contributed by atoms with E-state index < -0.39 is 24.3 Å². The monoisotopic (exact) mass is 560 g/mol. The van der Waals surface area contributed by atoms with Crippen molar-refractivity contribution in [2.75, 3.05) is 0 Å². The van der Waals surface area contributed by atoms with Crippen LogP contribution in [0.1, 0.15) is 23.3 Å². The van der Waals surface area contributed by atoms with E-state index in [1.807, 2.05) is 91.1 Å². The molecule has 41 heavy (non-hydrogen) atoms. The average molecular weight is 560 g/mol. The van der Waals surface area contributed by atoms with Gasteiger partial charge in [0.15, 0.2) is 6.20 Å². The number of non-ortho nitro benzene ring substituents is 1. The number of benzene rings is 4. The number of aliphatic hydroxyl groups is 1. The highest BCUT2D eigenvalue weighted by atomic mass is 19.5. The Kier molecular flexibility index (Phi) is 9.26. The third-order valence-electron chi connectivity index (χ3n) is 6.32. The summed E-state index contributed by atoms with van der Waals surface area (Å²) in [5.41, 5.74) is 5.41. The number of aromatic nitrogens is 1. The average Bonchev–Trinajstić information content (AvgIpc) is 2.98. The number of aliphatic hydroxyl groups excluding tert-OH is 1. The van der Waals surface area contributed by atoms with Gasteiger partial charge in [-0.05, 0) is 28.8 Å². The zero-order valence-electron chi connectivity index (χ0n) is 21.6. The van der Waals surface area contributed by atoms with Gasteiger partial charge in [0.1, 0.15) is 6.10 Å². The number of hydrogen-bond acceptors (Lipinski definition) is 3. The summed E-state index contributed by atoms with van der Waals surface area (Å²) in [6.45, 7) is 0. The fourth-order valence-electron chi connectivity index (χ4n) is 4.55. The smallest absolute Gasteiger partial charge is 0.418 e. The largest absolute Gasteiger partial charge is 0.673 e. The first kappa shape index (κ1) is 29.2. The standard InChI is InChI=1S/C31H25N2O3.BF4/c34-31(27-17-10-18-28(21-27)33(35)36)30(25-15-8-3-9-16-25)32-20-19-26(23-11-4-1-5-12-23)22-29(32)24-13-6-2-7-14-24;2-1(3,4)5/h1-22,30-31,34H;/q+1;-1. The molecule has 0 aliphatic heterocycles. The normalized spacial score (nSPS) is 12.5. The molecule has 5 rings (SSSR count). The summed E-state index contributed by atoms with van der Waals surface area (Å²) >= 11 is 0. The first-order chi connectivity index (χ1) is 19.6. The van der Waals surface area contributed by atoms with Gasteiger partial charge >= 0.3 is 7.25 Å². The van der Waals surface area contributed by atoms with Crippen LogP contribution in [0.5, 0.6) is 0 Å². The van der Waals surface area contributed by atoms with Gasteiger partial charge in [-0.3, -0.25) is 10.1 Å². The maximum absolute atomic E-state index is 11.7. The third kappa shape index (κ3) is 7.86. The summed E-state index contributed by atoms with van der Waals surface area (Å²) in [5, 5.41) is 23.1. The highest BCUT2D eigenvalue weighted by Crippen LogP contribution is 2.33. The van der Waals surface area contributed by atoms with Gasteiger partial charge in [-0.2, -0.15) is 4.57 Å². The third-order valence-corrected chi connectivity index (χ3v) is 6.32. The van der Waals surface area contributed by atoms with Gasteiger partial charge in [0.25, 0.3) is 5.69 Å². The van der Waals surface area contributed by atoms with Gasteiger partial charge in [-0.15, -0.1) is 0 Å². The van der Waals surface area contributed by atoms with Gasteiger partial charge in [0.2, 0.25) is 11.7 Å². The molecule has 0 bridgehead atoms. The molecular formula is C31H25BF4N2O3. The van der Waals surface area contributed by atoms with E-state index >= 15 is 0 Å². The molecular weight excluding hydrogens is 535 g/mol. The molecule has 4 aromatic carbocycles. The summed E-state index contributed by atoms with van der Waals surface area (Å²) in [5.74, 6) is 0. The Morgan fingerprint density at radius 1 is 0.659 bits per heavy atom. The predicted octanol–water partition coefficient (Wildman–Crippen LogP) is 7.84. The Balaban J connectivity index is 0.000000714. The van der Waals surface area contributed by atoms with E-state index in [4.69, 9.17) is 0 Å². The van der Waals surface area contributed by atoms with E-state index in [2.05, 4.69) is 22.8 Å². The lowest BCUT2D eigenvalue weighted by Crippen LogP contribution is -2.45. The molecule has 0 saturated heterocycles. The number of pyridine rings is 1. The fourth-order valence-corrected chi connectivity index (χ4v) is 4.55. The minimum atomic E-state index is -6.00. The van der Waals surface area contributed by atoms with Gasteiger partial charge < -0.3 is 22.4 Å². The van der Waals surface area contributed by atoms with Crippen LogP contribution in [0, 0.1) is 10.1 Å². The van der Waals surface area contributed by atoms with Crippen molar-refractivity contribution < 1.29 is 31.9 Å². The van der Waals surface area contributed by atoms with E-state index in [0.29, 0.717) is 5.56 Å². The van der Waals surface area contributed by atoms with Crippen LogP contribution < -0.4 is 4.57 Å². The van der Waals surface area contributed by atoms with Crippen LogP contribution in [-0.2, 0) is 0 Å². The first-order valence-electron chi connectivity index (χ1n) is 12.6. The maximum atomic E-state index is 11.7. The lowest BCUT2D eigenvalue weighted by molar-refractivity contribution is -0.712. The molecule has 2 atom stereocenters. The van der Waals surface area contributed by atoms with E-state index in [1.165, 1.54) is 12.1 Å². The van der Waals surface area contributed by atoms with Crippen LogP contribution in [0.4, 0.5) is 23.0 Å². The topological polar surface area (TPSA) is 67.2 Å². The van der Waals surface area contributed by atoms with Gasteiger partial charge in [-0.1, -0.05) is 91.0 Å². The zero-order valence-corrected chi connectivity index (χ0v) is 21.6. The lowest BCUT2D eigenvalue weighted by Gasteiger charge is -2.22. The summed E-state index contributed by atoms with van der Waals surface area (Å²) in [7, 11) is -6.00. The Hall–Kier alpha value is -4.83. The molecule has 0 fully saturated rings. The molecule has 0 saturated carbocycles. The number of halogens is 4. The quantitative estimate of drug-likeness (QED) is 0.0725. The molecule has 2 unspecified atom stereocenters. The highest BCUT2D eigenvalue weighted by molar-refractivity contribution is 6.50. The fraction of sp³-hybridized carbons (Fsp3) is 0.0645. The van der Waals surface area contributed by atoms with Gasteiger partial charge in [0, 0.05) is 35.4 Å². The minimum absolute atomic E-state index is 0.0499. The van der Waals surface area contributed by atoms with Crippen LogP contribution in [0.25, 0.3) is 22.4 Å². The Morgan fingerprint density at radius 2 is 1.17 bits per heavy atom. The van der Waals surface area contributed by atoms with Crippen molar-refractivity contribution in [1.82, 2.24) is 0 Å². The van der Waals surface area contributed by atoms with Crippen molar-refractivity contribution in [1.29, 1.82) is 0 Å². The summed E-state index contributed by atoms with van der Waals surface area (Å²) in [4.78, 5) is 11.0. The van der Waals surface area contributed by atoms with E-state index in [1.54, 1.807) is 12.1 Å². The second-order valence-corrected chi connectivity index (χ2v) is 9.09. The summed E-state index contributed by atoms with van der Waals surface area (Å²) in [6, 6.07) is 39.8. The maximum Gasteiger partial charge on any atom is 0.673 e.